The van der Waals surface area contributed by atoms with Gasteiger partial charge in [-0.15, -0.1) is 0 Å². The van der Waals surface area contributed by atoms with Gasteiger partial charge in [-0.2, -0.15) is 0 Å². The van der Waals surface area contributed by atoms with E-state index in [1.54, 1.807) is 36.7 Å². The van der Waals surface area contributed by atoms with Crippen LogP contribution in [0.15, 0.2) is 75.8 Å². The number of benzene rings is 1. The molecule has 1 fully saturated rings. The number of aromatic nitrogens is 2. The molecule has 3 N–H and O–H groups in total. The molecule has 0 aliphatic carbocycles. The molecule has 0 bridgehead atoms. The first-order valence-corrected chi connectivity index (χ1v) is 12.1. The Kier molecular flexibility index (Phi) is 7.07. The predicted molar refractivity (Wildman–Crippen MR) is 127 cm³/mol. The Morgan fingerprint density at radius 3 is 2.48 bits per heavy atom. The van der Waals surface area contributed by atoms with E-state index in [4.69, 9.17) is 22.1 Å². The molecular weight excluding hydrogens is 464 g/mol. The summed E-state index contributed by atoms with van der Waals surface area (Å²) in [5.41, 5.74) is 7.50. The fourth-order valence-corrected chi connectivity index (χ4v) is 5.17. The van der Waals surface area contributed by atoms with Crippen molar-refractivity contribution < 1.29 is 13.2 Å². The average Bonchev–Trinajstić information content (AvgIpc) is 2.84. The van der Waals surface area contributed by atoms with Crippen LogP contribution in [0.1, 0.15) is 5.56 Å². The maximum atomic E-state index is 13.3. The van der Waals surface area contributed by atoms with Gasteiger partial charge >= 0.3 is 0 Å². The maximum absolute atomic E-state index is 13.3. The van der Waals surface area contributed by atoms with Crippen LogP contribution in [0.5, 0.6) is 0 Å². The third kappa shape index (κ3) is 5.41. The Bertz CT molecular complexity index is 1230. The molecular formula is C22H23ClN6O3S. The molecule has 0 radical (unpaired) electrons. The number of nitrogens with one attached hydrogen (secondary N) is 1. The van der Waals surface area contributed by atoms with Gasteiger partial charge < -0.3 is 20.7 Å². The maximum Gasteiger partial charge on any atom is 0.208 e. The molecule has 1 aliphatic heterocycles. The second-order valence-corrected chi connectivity index (χ2v) is 9.55. The number of rotatable bonds is 6. The standard InChI is InChI=1S/C22H23ClN6O3S/c23-20-19(7-10-26-21(20)29-11-13-32-14-12-29)33(30,31)18-3-1-16(2-4-18)15-27-22(24)28-17-5-8-25-9-6-17/h1-10H,11-15H2,(H3,24,25,27,28). The third-order valence-corrected chi connectivity index (χ3v) is 7.35. The normalized spacial score (nSPS) is 14.8. The SMILES string of the molecule is NC(=NCc1ccc(S(=O)(=O)c2ccnc(N3CCOCC3)c2Cl)cc1)Nc1ccncc1. The number of sulfone groups is 1. The summed E-state index contributed by atoms with van der Waals surface area (Å²) in [5.74, 6) is 0.696. The van der Waals surface area contributed by atoms with Gasteiger partial charge in [0.2, 0.25) is 9.84 Å². The van der Waals surface area contributed by atoms with E-state index in [1.807, 2.05) is 4.90 Å². The van der Waals surface area contributed by atoms with Crippen LogP contribution in [0.2, 0.25) is 5.02 Å². The number of pyridine rings is 2. The van der Waals surface area contributed by atoms with Gasteiger partial charge in [0.1, 0.15) is 10.8 Å². The summed E-state index contributed by atoms with van der Waals surface area (Å²) in [4.78, 5) is 14.6. The topological polar surface area (TPSA) is 123 Å². The summed E-state index contributed by atoms with van der Waals surface area (Å²) >= 11 is 6.49. The van der Waals surface area contributed by atoms with Gasteiger partial charge in [0.05, 0.1) is 29.5 Å². The second kappa shape index (κ2) is 10.2. The lowest BCUT2D eigenvalue weighted by Crippen LogP contribution is -2.37. The quantitative estimate of drug-likeness (QED) is 0.402. The highest BCUT2D eigenvalue weighted by molar-refractivity contribution is 7.91. The minimum atomic E-state index is -3.83. The number of aliphatic imine (C=N–C) groups is 1. The van der Waals surface area contributed by atoms with Crippen molar-refractivity contribution in [3.05, 3.63) is 71.6 Å². The fourth-order valence-electron chi connectivity index (χ4n) is 3.32. The molecule has 3 aromatic rings. The molecule has 2 aromatic heterocycles. The first-order valence-electron chi connectivity index (χ1n) is 10.2. The largest absolute Gasteiger partial charge is 0.378 e. The number of hydrogen-bond donors (Lipinski definition) is 2. The molecule has 0 saturated carbocycles. The van der Waals surface area contributed by atoms with Crippen molar-refractivity contribution in [2.75, 3.05) is 36.5 Å². The highest BCUT2D eigenvalue weighted by Gasteiger charge is 2.25. The van der Waals surface area contributed by atoms with Crippen molar-refractivity contribution in [3.8, 4) is 0 Å². The van der Waals surface area contributed by atoms with Crippen LogP contribution in [0.25, 0.3) is 0 Å². The number of ether oxygens (including phenoxy) is 1. The fraction of sp³-hybridized carbons (Fsp3) is 0.227. The Labute approximate surface area is 197 Å². The van der Waals surface area contributed by atoms with Crippen molar-refractivity contribution in [2.45, 2.75) is 16.3 Å². The summed E-state index contributed by atoms with van der Waals surface area (Å²) in [7, 11) is -3.83. The number of nitrogens with two attached hydrogens (primary N) is 1. The lowest BCUT2D eigenvalue weighted by molar-refractivity contribution is 0.122. The third-order valence-electron chi connectivity index (χ3n) is 5.05. The Morgan fingerprint density at radius 2 is 1.79 bits per heavy atom. The average molecular weight is 487 g/mol. The van der Waals surface area contributed by atoms with Gasteiger partial charge in [0.15, 0.2) is 5.96 Å². The van der Waals surface area contributed by atoms with Crippen molar-refractivity contribution in [1.29, 1.82) is 0 Å². The van der Waals surface area contributed by atoms with Crippen molar-refractivity contribution in [3.63, 3.8) is 0 Å². The van der Waals surface area contributed by atoms with Crippen LogP contribution < -0.4 is 16.0 Å². The molecule has 4 rings (SSSR count). The molecule has 0 spiro atoms. The van der Waals surface area contributed by atoms with E-state index in [1.165, 1.54) is 24.4 Å². The van der Waals surface area contributed by atoms with E-state index >= 15 is 0 Å². The molecule has 3 heterocycles. The highest BCUT2D eigenvalue weighted by atomic mass is 35.5. The zero-order valence-corrected chi connectivity index (χ0v) is 19.3. The van der Waals surface area contributed by atoms with E-state index in [-0.39, 0.29) is 20.8 Å². The number of halogens is 1. The number of morpholine rings is 1. The van der Waals surface area contributed by atoms with Crippen molar-refractivity contribution >= 4 is 38.9 Å². The van der Waals surface area contributed by atoms with Crippen LogP contribution >= 0.6 is 11.6 Å². The molecule has 172 valence electrons. The predicted octanol–water partition coefficient (Wildman–Crippen LogP) is 2.73. The minimum Gasteiger partial charge on any atom is -0.378 e. The molecule has 0 atom stereocenters. The van der Waals surface area contributed by atoms with E-state index in [9.17, 15) is 8.42 Å². The molecule has 1 aromatic carbocycles. The summed E-state index contributed by atoms with van der Waals surface area (Å²) in [6, 6.07) is 11.5. The van der Waals surface area contributed by atoms with E-state index in [2.05, 4.69) is 20.3 Å². The van der Waals surface area contributed by atoms with Crippen LogP contribution in [-0.2, 0) is 21.1 Å². The summed E-state index contributed by atoms with van der Waals surface area (Å²) < 4.78 is 31.9. The highest BCUT2D eigenvalue weighted by Crippen LogP contribution is 2.33. The molecule has 0 unspecified atom stereocenters. The second-order valence-electron chi connectivity index (χ2n) is 7.26. The van der Waals surface area contributed by atoms with Gasteiger partial charge in [0, 0.05) is 37.4 Å². The molecule has 33 heavy (non-hydrogen) atoms. The van der Waals surface area contributed by atoms with Gasteiger partial charge in [0.25, 0.3) is 0 Å². The summed E-state index contributed by atoms with van der Waals surface area (Å²) in [6.45, 7) is 2.58. The first kappa shape index (κ1) is 23.0. The molecule has 11 heteroatoms. The molecule has 0 amide bonds. The molecule has 1 aliphatic rings. The van der Waals surface area contributed by atoms with Gasteiger partial charge in [-0.25, -0.2) is 18.4 Å². The molecule has 1 saturated heterocycles. The minimum absolute atomic E-state index is 0.0252. The van der Waals surface area contributed by atoms with Gasteiger partial charge in [-0.05, 0) is 35.9 Å². The first-order chi connectivity index (χ1) is 15.9. The summed E-state index contributed by atoms with van der Waals surface area (Å²) in [5, 5.41) is 3.08. The zero-order valence-electron chi connectivity index (χ0n) is 17.7. The Morgan fingerprint density at radius 1 is 1.09 bits per heavy atom. The monoisotopic (exact) mass is 486 g/mol. The smallest absolute Gasteiger partial charge is 0.208 e. The molecule has 9 nitrogen and oxygen atoms in total. The van der Waals surface area contributed by atoms with Crippen LogP contribution in [-0.4, -0.2) is 50.6 Å². The number of nitrogens with zero attached hydrogens (tertiary/aromatic N) is 4. The van der Waals surface area contributed by atoms with Crippen LogP contribution in [0.3, 0.4) is 0 Å². The number of anilines is 2. The Hall–Kier alpha value is -3.21. The number of hydrogen-bond acceptors (Lipinski definition) is 7. The lowest BCUT2D eigenvalue weighted by atomic mass is 10.2. The zero-order chi connectivity index (χ0) is 23.3. The number of guanidine groups is 1. The van der Waals surface area contributed by atoms with Crippen LogP contribution in [0.4, 0.5) is 11.5 Å². The van der Waals surface area contributed by atoms with E-state index in [0.717, 1.165) is 11.3 Å². The van der Waals surface area contributed by atoms with Crippen molar-refractivity contribution in [2.24, 2.45) is 10.7 Å². The van der Waals surface area contributed by atoms with Gasteiger partial charge in [-0.1, -0.05) is 23.7 Å². The Balaban J connectivity index is 1.49. The van der Waals surface area contributed by atoms with Gasteiger partial charge in [-0.3, -0.25) is 4.98 Å². The van der Waals surface area contributed by atoms with Crippen molar-refractivity contribution in [1.82, 2.24) is 9.97 Å². The van der Waals surface area contributed by atoms with Crippen LogP contribution in [0, 0.1) is 0 Å². The van der Waals surface area contributed by atoms with E-state index < -0.39 is 9.84 Å². The van der Waals surface area contributed by atoms with E-state index in [0.29, 0.717) is 38.7 Å². The summed E-state index contributed by atoms with van der Waals surface area (Å²) in [6.07, 6.45) is 4.76. The lowest BCUT2D eigenvalue weighted by Gasteiger charge is -2.28.